The molecule has 1 aliphatic heterocycles. The Balaban J connectivity index is 1.54. The Labute approximate surface area is 162 Å². The molecule has 1 aliphatic rings. The van der Waals surface area contributed by atoms with Gasteiger partial charge in [-0.2, -0.15) is 0 Å². The van der Waals surface area contributed by atoms with E-state index < -0.39 is 0 Å². The maximum absolute atomic E-state index is 13.0. The van der Waals surface area contributed by atoms with Gasteiger partial charge in [0.25, 0.3) is 5.91 Å². The Morgan fingerprint density at radius 1 is 1.26 bits per heavy atom. The third kappa shape index (κ3) is 4.12. The van der Waals surface area contributed by atoms with E-state index in [9.17, 15) is 4.79 Å². The number of benzene rings is 2. The first kappa shape index (κ1) is 17.9. The largest absolute Gasteiger partial charge is 0.483 e. The van der Waals surface area contributed by atoms with Crippen LogP contribution in [0.25, 0.3) is 10.2 Å². The highest BCUT2D eigenvalue weighted by Gasteiger charge is 2.26. The standard InChI is InChI=1S/C21H22N2O3S/c1-15-7-2-4-10-18(15)26-14-20(24)23(13-16-8-6-12-25-16)21-22-17-9-3-5-11-19(17)27-21/h2-5,7,9-11,16H,6,8,12-14H2,1H3. The molecule has 1 atom stereocenters. The molecule has 5 nitrogen and oxygen atoms in total. The summed E-state index contributed by atoms with van der Waals surface area (Å²) in [5.74, 6) is 0.625. The summed E-state index contributed by atoms with van der Waals surface area (Å²) >= 11 is 1.52. The molecule has 2 heterocycles. The maximum atomic E-state index is 13.0. The zero-order valence-corrected chi connectivity index (χ0v) is 16.1. The highest BCUT2D eigenvalue weighted by molar-refractivity contribution is 7.22. The molecule has 27 heavy (non-hydrogen) atoms. The van der Waals surface area contributed by atoms with Crippen LogP contribution < -0.4 is 9.64 Å². The zero-order valence-electron chi connectivity index (χ0n) is 15.3. The molecule has 0 aliphatic carbocycles. The minimum absolute atomic E-state index is 0.0203. The predicted octanol–water partition coefficient (Wildman–Crippen LogP) is 4.20. The second kappa shape index (κ2) is 8.06. The number of hydrogen-bond acceptors (Lipinski definition) is 5. The average molecular weight is 382 g/mol. The summed E-state index contributed by atoms with van der Waals surface area (Å²) < 4.78 is 12.6. The van der Waals surface area contributed by atoms with Gasteiger partial charge in [-0.25, -0.2) is 4.98 Å². The van der Waals surface area contributed by atoms with Crippen LogP contribution in [0, 0.1) is 6.92 Å². The van der Waals surface area contributed by atoms with Crippen molar-refractivity contribution in [3.8, 4) is 5.75 Å². The number of nitrogens with zero attached hydrogens (tertiary/aromatic N) is 2. The topological polar surface area (TPSA) is 51.7 Å². The van der Waals surface area contributed by atoms with Gasteiger partial charge in [0, 0.05) is 6.61 Å². The first-order valence-electron chi connectivity index (χ1n) is 9.16. The first-order chi connectivity index (χ1) is 13.2. The molecule has 1 amide bonds. The summed E-state index contributed by atoms with van der Waals surface area (Å²) in [6.45, 7) is 3.22. The molecule has 140 valence electrons. The summed E-state index contributed by atoms with van der Waals surface area (Å²) in [7, 11) is 0. The van der Waals surface area contributed by atoms with Gasteiger partial charge in [-0.05, 0) is 43.5 Å². The fourth-order valence-corrected chi connectivity index (χ4v) is 4.18. The summed E-state index contributed by atoms with van der Waals surface area (Å²) in [5, 5.41) is 0.699. The minimum Gasteiger partial charge on any atom is -0.483 e. The van der Waals surface area contributed by atoms with Crippen LogP contribution in [-0.4, -0.2) is 36.8 Å². The van der Waals surface area contributed by atoms with Crippen LogP contribution in [0.2, 0.25) is 0 Å². The molecule has 0 bridgehead atoms. The number of ether oxygens (including phenoxy) is 2. The van der Waals surface area contributed by atoms with Crippen LogP contribution in [-0.2, 0) is 9.53 Å². The number of thiazole rings is 1. The zero-order chi connectivity index (χ0) is 18.6. The lowest BCUT2D eigenvalue weighted by molar-refractivity contribution is -0.120. The first-order valence-corrected chi connectivity index (χ1v) is 9.98. The van der Waals surface area contributed by atoms with Gasteiger partial charge in [-0.3, -0.25) is 9.69 Å². The van der Waals surface area contributed by atoms with E-state index in [2.05, 4.69) is 4.98 Å². The van der Waals surface area contributed by atoms with Crippen LogP contribution in [0.1, 0.15) is 18.4 Å². The van der Waals surface area contributed by atoms with E-state index in [1.807, 2.05) is 55.5 Å². The third-order valence-corrected chi connectivity index (χ3v) is 5.73. The smallest absolute Gasteiger partial charge is 0.266 e. The number of rotatable bonds is 6. The van der Waals surface area contributed by atoms with Crippen LogP contribution in [0.15, 0.2) is 48.5 Å². The molecule has 0 N–H and O–H groups in total. The molecule has 0 radical (unpaired) electrons. The van der Waals surface area contributed by atoms with E-state index in [0.29, 0.717) is 11.7 Å². The lowest BCUT2D eigenvalue weighted by Crippen LogP contribution is -2.40. The van der Waals surface area contributed by atoms with Gasteiger partial charge in [0.1, 0.15) is 5.75 Å². The second-order valence-electron chi connectivity index (χ2n) is 6.66. The molecular formula is C21H22N2O3S. The van der Waals surface area contributed by atoms with Gasteiger partial charge in [0.2, 0.25) is 0 Å². The molecule has 6 heteroatoms. The normalized spacial score (nSPS) is 16.6. The van der Waals surface area contributed by atoms with Crippen LogP contribution in [0.4, 0.5) is 5.13 Å². The van der Waals surface area contributed by atoms with Crippen LogP contribution in [0.3, 0.4) is 0 Å². The molecule has 1 unspecified atom stereocenters. The van der Waals surface area contributed by atoms with Gasteiger partial charge in [0.15, 0.2) is 11.7 Å². The third-order valence-electron chi connectivity index (χ3n) is 4.67. The van der Waals surface area contributed by atoms with Gasteiger partial charge >= 0.3 is 0 Å². The van der Waals surface area contributed by atoms with Crippen molar-refractivity contribution < 1.29 is 14.3 Å². The Morgan fingerprint density at radius 2 is 2.07 bits per heavy atom. The van der Waals surface area contributed by atoms with E-state index >= 15 is 0 Å². The quantitative estimate of drug-likeness (QED) is 0.641. The van der Waals surface area contributed by atoms with Crippen molar-refractivity contribution in [1.82, 2.24) is 4.98 Å². The summed E-state index contributed by atoms with van der Waals surface area (Å²) in [6, 6.07) is 15.6. The van der Waals surface area contributed by atoms with Crippen molar-refractivity contribution in [3.63, 3.8) is 0 Å². The molecule has 1 aromatic heterocycles. The number of aryl methyl sites for hydroxylation is 1. The second-order valence-corrected chi connectivity index (χ2v) is 7.67. The Hall–Kier alpha value is -2.44. The molecule has 3 aromatic rings. The summed E-state index contributed by atoms with van der Waals surface area (Å²) in [6.07, 6.45) is 2.05. The SMILES string of the molecule is Cc1ccccc1OCC(=O)N(CC1CCCO1)c1nc2ccccc2s1. The van der Waals surface area contributed by atoms with Crippen LogP contribution >= 0.6 is 11.3 Å². The monoisotopic (exact) mass is 382 g/mol. The number of carbonyl (C=O) groups excluding carboxylic acids is 1. The molecule has 0 spiro atoms. The molecule has 1 fully saturated rings. The fourth-order valence-electron chi connectivity index (χ4n) is 3.19. The van der Waals surface area contributed by atoms with Crippen molar-refractivity contribution in [3.05, 3.63) is 54.1 Å². The van der Waals surface area contributed by atoms with Gasteiger partial charge in [0.05, 0.1) is 22.9 Å². The summed E-state index contributed by atoms with van der Waals surface area (Å²) in [4.78, 5) is 19.4. The lowest BCUT2D eigenvalue weighted by Gasteiger charge is -2.23. The number of hydrogen-bond donors (Lipinski definition) is 0. The maximum Gasteiger partial charge on any atom is 0.266 e. The molecule has 4 rings (SSSR count). The van der Waals surface area contributed by atoms with E-state index in [-0.39, 0.29) is 18.6 Å². The lowest BCUT2D eigenvalue weighted by atomic mass is 10.2. The van der Waals surface area contributed by atoms with Crippen molar-refractivity contribution in [2.45, 2.75) is 25.9 Å². The fraction of sp³-hybridized carbons (Fsp3) is 0.333. The van der Waals surface area contributed by atoms with Crippen molar-refractivity contribution in [1.29, 1.82) is 0 Å². The van der Waals surface area contributed by atoms with Gasteiger partial charge < -0.3 is 9.47 Å². The number of anilines is 1. The van der Waals surface area contributed by atoms with Crippen molar-refractivity contribution in [2.24, 2.45) is 0 Å². The molecule has 2 aromatic carbocycles. The average Bonchev–Trinajstić information content (AvgIpc) is 3.34. The summed E-state index contributed by atoms with van der Waals surface area (Å²) in [5.41, 5.74) is 1.92. The van der Waals surface area contributed by atoms with Crippen molar-refractivity contribution in [2.75, 3.05) is 24.7 Å². The van der Waals surface area contributed by atoms with Crippen LogP contribution in [0.5, 0.6) is 5.75 Å². The minimum atomic E-state index is -0.104. The highest BCUT2D eigenvalue weighted by atomic mass is 32.1. The number of para-hydroxylation sites is 2. The van der Waals surface area contributed by atoms with E-state index in [4.69, 9.17) is 9.47 Å². The predicted molar refractivity (Wildman–Crippen MR) is 108 cm³/mol. The number of carbonyl (C=O) groups is 1. The van der Waals surface area contributed by atoms with Gasteiger partial charge in [-0.15, -0.1) is 0 Å². The number of amides is 1. The van der Waals surface area contributed by atoms with E-state index in [1.54, 1.807) is 4.90 Å². The van der Waals surface area contributed by atoms with E-state index in [1.165, 1.54) is 11.3 Å². The molecule has 0 saturated carbocycles. The van der Waals surface area contributed by atoms with Crippen molar-refractivity contribution >= 4 is 32.6 Å². The molecule has 1 saturated heterocycles. The van der Waals surface area contributed by atoms with Gasteiger partial charge in [-0.1, -0.05) is 41.7 Å². The highest BCUT2D eigenvalue weighted by Crippen LogP contribution is 2.30. The Kier molecular flexibility index (Phi) is 5.36. The van der Waals surface area contributed by atoms with E-state index in [0.717, 1.165) is 41.0 Å². The Bertz CT molecular complexity index is 901. The number of fused-ring (bicyclic) bond motifs is 1. The number of aromatic nitrogens is 1. The molecular weight excluding hydrogens is 360 g/mol. The Morgan fingerprint density at radius 3 is 2.85 bits per heavy atom.